The molecule has 0 radical (unpaired) electrons. The highest BCUT2D eigenvalue weighted by Crippen LogP contribution is 2.32. The van der Waals surface area contributed by atoms with E-state index >= 15 is 0 Å². The molecule has 6 nitrogen and oxygen atoms in total. The average molecular weight is 414 g/mol. The smallest absolute Gasteiger partial charge is 0.282 e. The number of anilines is 1. The molecule has 6 heteroatoms. The first kappa shape index (κ1) is 20.2. The third-order valence-electron chi connectivity index (χ3n) is 4.96. The SMILES string of the molecule is COc1ccc(C=C2N=C(c3ccccc3OC)N(c3ccc(OC)cc3)C2=O)cc1. The first-order valence-corrected chi connectivity index (χ1v) is 9.71. The molecule has 1 amide bonds. The Morgan fingerprint density at radius 3 is 2.00 bits per heavy atom. The van der Waals surface area contributed by atoms with E-state index in [2.05, 4.69) is 0 Å². The van der Waals surface area contributed by atoms with Crippen LogP contribution in [0.5, 0.6) is 17.2 Å². The lowest BCUT2D eigenvalue weighted by atomic mass is 10.1. The van der Waals surface area contributed by atoms with Gasteiger partial charge in [0.15, 0.2) is 5.84 Å². The van der Waals surface area contributed by atoms with Gasteiger partial charge < -0.3 is 14.2 Å². The lowest BCUT2D eigenvalue weighted by Gasteiger charge is -2.20. The predicted octanol–water partition coefficient (Wildman–Crippen LogP) is 4.55. The molecule has 0 atom stereocenters. The number of nitrogens with zero attached hydrogens (tertiary/aromatic N) is 2. The van der Waals surface area contributed by atoms with E-state index in [0.29, 0.717) is 28.7 Å². The van der Waals surface area contributed by atoms with E-state index in [-0.39, 0.29) is 5.91 Å². The van der Waals surface area contributed by atoms with Crippen LogP contribution >= 0.6 is 0 Å². The van der Waals surface area contributed by atoms with Crippen molar-refractivity contribution in [2.75, 3.05) is 26.2 Å². The number of ether oxygens (including phenoxy) is 3. The van der Waals surface area contributed by atoms with Gasteiger partial charge >= 0.3 is 0 Å². The summed E-state index contributed by atoms with van der Waals surface area (Å²) in [7, 11) is 4.82. The van der Waals surface area contributed by atoms with Gasteiger partial charge in [0.2, 0.25) is 0 Å². The summed E-state index contributed by atoms with van der Waals surface area (Å²) in [4.78, 5) is 19.7. The number of amidine groups is 1. The van der Waals surface area contributed by atoms with Crippen LogP contribution in [0.25, 0.3) is 6.08 Å². The highest BCUT2D eigenvalue weighted by molar-refractivity contribution is 6.33. The van der Waals surface area contributed by atoms with Crippen molar-refractivity contribution in [1.29, 1.82) is 0 Å². The normalized spacial score (nSPS) is 14.5. The number of carbonyl (C=O) groups is 1. The fraction of sp³-hybridized carbons (Fsp3) is 0.120. The summed E-state index contributed by atoms with van der Waals surface area (Å²) in [6.07, 6.45) is 1.76. The highest BCUT2D eigenvalue weighted by atomic mass is 16.5. The second kappa shape index (κ2) is 8.75. The molecule has 0 bridgehead atoms. The van der Waals surface area contributed by atoms with Crippen LogP contribution < -0.4 is 19.1 Å². The first-order valence-electron chi connectivity index (χ1n) is 9.71. The molecular weight excluding hydrogens is 392 g/mol. The second-order valence-electron chi connectivity index (χ2n) is 6.78. The molecule has 4 rings (SSSR count). The lowest BCUT2D eigenvalue weighted by molar-refractivity contribution is -0.113. The van der Waals surface area contributed by atoms with Crippen molar-refractivity contribution >= 4 is 23.5 Å². The Bertz CT molecular complexity index is 1150. The number of para-hydroxylation sites is 1. The molecule has 0 aliphatic carbocycles. The van der Waals surface area contributed by atoms with Crippen LogP contribution in [0, 0.1) is 0 Å². The molecule has 156 valence electrons. The zero-order chi connectivity index (χ0) is 21.8. The fourth-order valence-corrected chi connectivity index (χ4v) is 3.36. The number of hydrogen-bond donors (Lipinski definition) is 0. The minimum atomic E-state index is -0.220. The van der Waals surface area contributed by atoms with E-state index in [9.17, 15) is 4.79 Å². The lowest BCUT2D eigenvalue weighted by Crippen LogP contribution is -2.32. The summed E-state index contributed by atoms with van der Waals surface area (Å²) in [5.74, 6) is 2.38. The van der Waals surface area contributed by atoms with E-state index in [4.69, 9.17) is 19.2 Å². The maximum atomic E-state index is 13.4. The average Bonchev–Trinajstić information content (AvgIpc) is 3.15. The largest absolute Gasteiger partial charge is 0.497 e. The summed E-state index contributed by atoms with van der Waals surface area (Å²) >= 11 is 0. The number of aliphatic imine (C=N–C) groups is 1. The van der Waals surface area contributed by atoms with Gasteiger partial charge in [0, 0.05) is 0 Å². The molecular formula is C25H22N2O4. The van der Waals surface area contributed by atoms with Crippen LogP contribution in [0.2, 0.25) is 0 Å². The number of benzene rings is 3. The third kappa shape index (κ3) is 4.00. The quantitative estimate of drug-likeness (QED) is 0.556. The minimum absolute atomic E-state index is 0.220. The number of methoxy groups -OCH3 is 3. The molecule has 0 saturated carbocycles. The van der Waals surface area contributed by atoms with Gasteiger partial charge in [0.1, 0.15) is 22.9 Å². The van der Waals surface area contributed by atoms with Gasteiger partial charge in [-0.3, -0.25) is 9.69 Å². The molecule has 31 heavy (non-hydrogen) atoms. The molecule has 0 fully saturated rings. The molecule has 0 spiro atoms. The van der Waals surface area contributed by atoms with Gasteiger partial charge in [0.25, 0.3) is 5.91 Å². The number of rotatable bonds is 6. The molecule has 1 aliphatic heterocycles. The third-order valence-corrected chi connectivity index (χ3v) is 4.96. The van der Waals surface area contributed by atoms with Gasteiger partial charge in [-0.25, -0.2) is 4.99 Å². The van der Waals surface area contributed by atoms with Crippen LogP contribution in [0.4, 0.5) is 5.69 Å². The number of carbonyl (C=O) groups excluding carboxylic acids is 1. The van der Waals surface area contributed by atoms with Crippen LogP contribution in [-0.4, -0.2) is 33.1 Å². The molecule has 0 aromatic heterocycles. The van der Waals surface area contributed by atoms with Crippen LogP contribution in [0.1, 0.15) is 11.1 Å². The molecule has 0 N–H and O–H groups in total. The Labute approximate surface area is 181 Å². The summed E-state index contributed by atoms with van der Waals surface area (Å²) in [5.41, 5.74) is 2.60. The van der Waals surface area contributed by atoms with E-state index in [1.54, 1.807) is 32.3 Å². The Kier molecular flexibility index (Phi) is 5.71. The van der Waals surface area contributed by atoms with E-state index in [1.165, 1.54) is 0 Å². The molecule has 1 aliphatic rings. The van der Waals surface area contributed by atoms with E-state index in [1.807, 2.05) is 72.8 Å². The molecule has 1 heterocycles. The monoisotopic (exact) mass is 414 g/mol. The minimum Gasteiger partial charge on any atom is -0.497 e. The van der Waals surface area contributed by atoms with Gasteiger partial charge in [-0.15, -0.1) is 0 Å². The highest BCUT2D eigenvalue weighted by Gasteiger charge is 2.33. The van der Waals surface area contributed by atoms with Crippen molar-refractivity contribution in [2.45, 2.75) is 0 Å². The Hall–Kier alpha value is -4.06. The van der Waals surface area contributed by atoms with Gasteiger partial charge in [-0.2, -0.15) is 0 Å². The first-order chi connectivity index (χ1) is 15.1. The van der Waals surface area contributed by atoms with Crippen molar-refractivity contribution in [3.05, 3.63) is 89.6 Å². The van der Waals surface area contributed by atoms with Gasteiger partial charge in [-0.1, -0.05) is 24.3 Å². The molecule has 0 saturated heterocycles. The van der Waals surface area contributed by atoms with E-state index in [0.717, 1.165) is 16.9 Å². The second-order valence-corrected chi connectivity index (χ2v) is 6.78. The van der Waals surface area contributed by atoms with Crippen molar-refractivity contribution in [2.24, 2.45) is 4.99 Å². The molecule has 3 aromatic rings. The summed E-state index contributed by atoms with van der Waals surface area (Å²) in [6, 6.07) is 22.2. The summed E-state index contributed by atoms with van der Waals surface area (Å²) < 4.78 is 16.0. The van der Waals surface area contributed by atoms with Crippen LogP contribution in [0.15, 0.2) is 83.5 Å². The summed E-state index contributed by atoms with van der Waals surface area (Å²) in [5, 5.41) is 0. The van der Waals surface area contributed by atoms with Crippen molar-refractivity contribution in [1.82, 2.24) is 0 Å². The maximum absolute atomic E-state index is 13.4. The number of hydrogen-bond acceptors (Lipinski definition) is 5. The molecule has 0 unspecified atom stereocenters. The number of amides is 1. The van der Waals surface area contributed by atoms with Gasteiger partial charge in [0.05, 0.1) is 32.6 Å². The molecule has 3 aromatic carbocycles. The summed E-state index contributed by atoms with van der Waals surface area (Å²) in [6.45, 7) is 0. The topological polar surface area (TPSA) is 60.4 Å². The van der Waals surface area contributed by atoms with Crippen LogP contribution in [-0.2, 0) is 4.79 Å². The Balaban J connectivity index is 1.81. The van der Waals surface area contributed by atoms with Crippen molar-refractivity contribution in [3.63, 3.8) is 0 Å². The van der Waals surface area contributed by atoms with Gasteiger partial charge in [-0.05, 0) is 60.2 Å². The zero-order valence-electron chi connectivity index (χ0n) is 17.5. The van der Waals surface area contributed by atoms with Crippen LogP contribution in [0.3, 0.4) is 0 Å². The van der Waals surface area contributed by atoms with Crippen molar-refractivity contribution < 1.29 is 19.0 Å². The predicted molar refractivity (Wildman–Crippen MR) is 121 cm³/mol. The van der Waals surface area contributed by atoms with E-state index < -0.39 is 0 Å². The zero-order valence-corrected chi connectivity index (χ0v) is 17.5. The maximum Gasteiger partial charge on any atom is 0.282 e. The fourth-order valence-electron chi connectivity index (χ4n) is 3.36. The standard InChI is InChI=1S/C25H22N2O4/c1-29-19-12-8-17(9-13-19)16-22-25(28)27(18-10-14-20(30-2)15-11-18)24(26-22)21-6-4-5-7-23(21)31-3/h4-16H,1-3H3. The Morgan fingerprint density at radius 2 is 1.39 bits per heavy atom. The van der Waals surface area contributed by atoms with Crippen molar-refractivity contribution in [3.8, 4) is 17.2 Å². The Morgan fingerprint density at radius 1 is 0.774 bits per heavy atom.